The standard InChI is InChI=1S/C11H17N3/c1-9-3-4-11(13-7-9)14-6-5-10(8-14)12-2/h3-4,7,10,12H,5-6,8H2,1-2H3. The van der Waals surface area contributed by atoms with E-state index in [2.05, 4.69) is 34.3 Å². The van der Waals surface area contributed by atoms with Crippen molar-refractivity contribution in [1.29, 1.82) is 0 Å². The van der Waals surface area contributed by atoms with Gasteiger partial charge in [-0.3, -0.25) is 0 Å². The lowest BCUT2D eigenvalue weighted by Gasteiger charge is -2.17. The van der Waals surface area contributed by atoms with Crippen molar-refractivity contribution in [2.75, 3.05) is 25.0 Å². The molecule has 1 fully saturated rings. The van der Waals surface area contributed by atoms with Gasteiger partial charge >= 0.3 is 0 Å². The Kier molecular flexibility index (Phi) is 2.68. The molecule has 3 nitrogen and oxygen atoms in total. The van der Waals surface area contributed by atoms with Crippen molar-refractivity contribution >= 4 is 5.82 Å². The molecule has 1 saturated heterocycles. The zero-order valence-electron chi connectivity index (χ0n) is 8.83. The molecule has 14 heavy (non-hydrogen) atoms. The van der Waals surface area contributed by atoms with Crippen LogP contribution in [0.1, 0.15) is 12.0 Å². The molecular formula is C11H17N3. The van der Waals surface area contributed by atoms with E-state index in [1.54, 1.807) is 0 Å². The molecule has 2 rings (SSSR count). The highest BCUT2D eigenvalue weighted by Crippen LogP contribution is 2.17. The van der Waals surface area contributed by atoms with E-state index < -0.39 is 0 Å². The first kappa shape index (κ1) is 9.46. The topological polar surface area (TPSA) is 28.2 Å². The van der Waals surface area contributed by atoms with Crippen LogP contribution in [0.3, 0.4) is 0 Å². The molecule has 1 N–H and O–H groups in total. The first-order valence-corrected chi connectivity index (χ1v) is 5.14. The summed E-state index contributed by atoms with van der Waals surface area (Å²) in [5, 5.41) is 3.31. The number of rotatable bonds is 2. The number of hydrogen-bond donors (Lipinski definition) is 1. The average molecular weight is 191 g/mol. The molecule has 1 unspecified atom stereocenters. The first-order chi connectivity index (χ1) is 6.79. The Morgan fingerprint density at radius 2 is 2.36 bits per heavy atom. The lowest BCUT2D eigenvalue weighted by atomic mass is 10.3. The van der Waals surface area contributed by atoms with Crippen molar-refractivity contribution < 1.29 is 0 Å². The van der Waals surface area contributed by atoms with Crippen LogP contribution in [0.25, 0.3) is 0 Å². The normalized spacial score (nSPS) is 21.6. The van der Waals surface area contributed by atoms with Gasteiger partial charge in [-0.15, -0.1) is 0 Å². The van der Waals surface area contributed by atoms with Gasteiger partial charge in [0.15, 0.2) is 0 Å². The van der Waals surface area contributed by atoms with Gasteiger partial charge in [-0.25, -0.2) is 4.98 Å². The Hall–Kier alpha value is -1.09. The molecule has 2 heterocycles. The SMILES string of the molecule is CNC1CCN(c2ccc(C)cn2)C1. The third-order valence-corrected chi connectivity index (χ3v) is 2.82. The van der Waals surface area contributed by atoms with Crippen molar-refractivity contribution in [2.24, 2.45) is 0 Å². The zero-order valence-corrected chi connectivity index (χ0v) is 8.83. The number of hydrogen-bond acceptors (Lipinski definition) is 3. The van der Waals surface area contributed by atoms with Gasteiger partial charge in [0.2, 0.25) is 0 Å². The van der Waals surface area contributed by atoms with Crippen molar-refractivity contribution in [3.05, 3.63) is 23.9 Å². The molecule has 1 atom stereocenters. The minimum atomic E-state index is 0.623. The third kappa shape index (κ3) is 1.87. The van der Waals surface area contributed by atoms with Crippen molar-refractivity contribution in [3.8, 4) is 0 Å². The third-order valence-electron chi connectivity index (χ3n) is 2.82. The smallest absolute Gasteiger partial charge is 0.128 e. The predicted molar refractivity (Wildman–Crippen MR) is 58.7 cm³/mol. The molecule has 0 spiro atoms. The largest absolute Gasteiger partial charge is 0.355 e. The van der Waals surface area contributed by atoms with E-state index in [1.807, 2.05) is 13.2 Å². The number of nitrogens with zero attached hydrogens (tertiary/aromatic N) is 2. The lowest BCUT2D eigenvalue weighted by Crippen LogP contribution is -2.29. The summed E-state index contributed by atoms with van der Waals surface area (Å²) >= 11 is 0. The summed E-state index contributed by atoms with van der Waals surface area (Å²) in [7, 11) is 2.02. The van der Waals surface area contributed by atoms with Gasteiger partial charge < -0.3 is 10.2 Å². The lowest BCUT2D eigenvalue weighted by molar-refractivity contribution is 0.616. The van der Waals surface area contributed by atoms with Crippen LogP contribution >= 0.6 is 0 Å². The maximum Gasteiger partial charge on any atom is 0.128 e. The summed E-state index contributed by atoms with van der Waals surface area (Å²) in [4.78, 5) is 6.76. The van der Waals surface area contributed by atoms with Crippen molar-refractivity contribution in [2.45, 2.75) is 19.4 Å². The van der Waals surface area contributed by atoms with E-state index in [0.29, 0.717) is 6.04 Å². The first-order valence-electron chi connectivity index (χ1n) is 5.14. The van der Waals surface area contributed by atoms with Gasteiger partial charge in [-0.2, -0.15) is 0 Å². The molecule has 1 aliphatic heterocycles. The molecule has 76 valence electrons. The second-order valence-corrected chi connectivity index (χ2v) is 3.91. The number of anilines is 1. The van der Waals surface area contributed by atoms with Gasteiger partial charge in [0.1, 0.15) is 5.82 Å². The van der Waals surface area contributed by atoms with E-state index in [1.165, 1.54) is 12.0 Å². The maximum absolute atomic E-state index is 4.43. The van der Waals surface area contributed by atoms with Gasteiger partial charge in [-0.05, 0) is 32.0 Å². The number of aromatic nitrogens is 1. The summed E-state index contributed by atoms with van der Waals surface area (Å²) in [5.74, 6) is 1.10. The summed E-state index contributed by atoms with van der Waals surface area (Å²) < 4.78 is 0. The molecule has 0 aromatic carbocycles. The van der Waals surface area contributed by atoms with Crippen LogP contribution in [-0.2, 0) is 0 Å². The van der Waals surface area contributed by atoms with E-state index in [4.69, 9.17) is 0 Å². The average Bonchev–Trinajstić information content (AvgIpc) is 2.67. The van der Waals surface area contributed by atoms with Crippen LogP contribution < -0.4 is 10.2 Å². The molecule has 0 amide bonds. The van der Waals surface area contributed by atoms with E-state index in [-0.39, 0.29) is 0 Å². The van der Waals surface area contributed by atoms with Gasteiger partial charge in [0, 0.05) is 25.3 Å². The molecule has 0 saturated carbocycles. The molecule has 1 aromatic rings. The van der Waals surface area contributed by atoms with Crippen LogP contribution in [0.4, 0.5) is 5.82 Å². The fourth-order valence-electron chi connectivity index (χ4n) is 1.85. The fraction of sp³-hybridized carbons (Fsp3) is 0.545. The highest BCUT2D eigenvalue weighted by molar-refractivity contribution is 5.40. The minimum absolute atomic E-state index is 0.623. The molecule has 0 radical (unpaired) electrons. The number of aryl methyl sites for hydroxylation is 1. The number of likely N-dealkylation sites (N-methyl/N-ethyl adjacent to an activating group) is 1. The Bertz CT molecular complexity index is 294. The fourth-order valence-corrected chi connectivity index (χ4v) is 1.85. The minimum Gasteiger partial charge on any atom is -0.355 e. The summed E-state index contributed by atoms with van der Waals surface area (Å²) in [6.07, 6.45) is 3.15. The highest BCUT2D eigenvalue weighted by atomic mass is 15.2. The Labute approximate surface area is 85.1 Å². The molecule has 3 heteroatoms. The van der Waals surface area contributed by atoms with E-state index >= 15 is 0 Å². The zero-order chi connectivity index (χ0) is 9.97. The Morgan fingerprint density at radius 1 is 1.50 bits per heavy atom. The molecule has 0 bridgehead atoms. The number of nitrogens with one attached hydrogen (secondary N) is 1. The van der Waals surface area contributed by atoms with Crippen LogP contribution in [0, 0.1) is 6.92 Å². The Balaban J connectivity index is 2.06. The van der Waals surface area contributed by atoms with Crippen LogP contribution in [0.2, 0.25) is 0 Å². The van der Waals surface area contributed by atoms with Crippen LogP contribution in [0.15, 0.2) is 18.3 Å². The van der Waals surface area contributed by atoms with Crippen LogP contribution in [0.5, 0.6) is 0 Å². The van der Waals surface area contributed by atoms with E-state index in [0.717, 1.165) is 18.9 Å². The molecule has 0 aliphatic carbocycles. The summed E-state index contributed by atoms with van der Waals surface area (Å²) in [6.45, 7) is 4.26. The quantitative estimate of drug-likeness (QED) is 0.761. The van der Waals surface area contributed by atoms with Crippen LogP contribution in [-0.4, -0.2) is 31.2 Å². The molecular weight excluding hydrogens is 174 g/mol. The van der Waals surface area contributed by atoms with Gasteiger partial charge in [0.25, 0.3) is 0 Å². The Morgan fingerprint density at radius 3 is 2.93 bits per heavy atom. The predicted octanol–water partition coefficient (Wildman–Crippen LogP) is 1.19. The highest BCUT2D eigenvalue weighted by Gasteiger charge is 2.21. The van der Waals surface area contributed by atoms with E-state index in [9.17, 15) is 0 Å². The maximum atomic E-state index is 4.43. The monoisotopic (exact) mass is 191 g/mol. The molecule has 1 aliphatic rings. The molecule has 1 aromatic heterocycles. The van der Waals surface area contributed by atoms with Gasteiger partial charge in [-0.1, -0.05) is 6.07 Å². The summed E-state index contributed by atoms with van der Waals surface area (Å²) in [6, 6.07) is 4.85. The summed E-state index contributed by atoms with van der Waals surface area (Å²) in [5.41, 5.74) is 1.22. The van der Waals surface area contributed by atoms with Crippen molar-refractivity contribution in [3.63, 3.8) is 0 Å². The van der Waals surface area contributed by atoms with Crippen molar-refractivity contribution in [1.82, 2.24) is 10.3 Å². The number of pyridine rings is 1. The second-order valence-electron chi connectivity index (χ2n) is 3.91. The second kappa shape index (κ2) is 3.96. The van der Waals surface area contributed by atoms with Gasteiger partial charge in [0.05, 0.1) is 0 Å².